The Labute approximate surface area is 306 Å². The molecule has 47 heavy (non-hydrogen) atoms. The number of halogens is 2. The summed E-state index contributed by atoms with van der Waals surface area (Å²) in [7, 11) is 0. The van der Waals surface area contributed by atoms with Gasteiger partial charge in [0, 0.05) is 5.41 Å². The van der Waals surface area contributed by atoms with E-state index in [-0.39, 0.29) is 35.6 Å². The molecule has 0 aliphatic heterocycles. The normalized spacial score (nSPS) is 12.2. The van der Waals surface area contributed by atoms with Gasteiger partial charge in [0.2, 0.25) is 0 Å². The summed E-state index contributed by atoms with van der Waals surface area (Å²) in [6, 6.07) is 47.4. The van der Waals surface area contributed by atoms with E-state index < -0.39 is 0 Å². The standard InChI is InChI=1S/C31H29.C8H8.C5H5.2ClH.Ti/c1-30(2,24-11-7-5-8-12-24)26-15-17-28-22(20-26)19-23-21-27(16-18-29(23)28)31(3,4)25-13-9-6-10-14-25;1-2-8-6-4-3-5-7-8;1-2-4-5-3-1;;;/h5-18,20H,19H2,1-4H3;3-7H,1H3;1-3H,4H2;2*1H;/q-1;;-1;;;+2/p-2. The molecule has 0 radical (unpaired) electrons. The second-order valence-electron chi connectivity index (χ2n) is 12.8. The number of allylic oxidation sites excluding steroid dienone is 4. The van der Waals surface area contributed by atoms with E-state index in [0.717, 1.165) is 12.8 Å². The molecule has 0 saturated carbocycles. The van der Waals surface area contributed by atoms with Crippen LogP contribution in [0.15, 0.2) is 140 Å². The van der Waals surface area contributed by atoms with Gasteiger partial charge in [-0.25, -0.2) is 12.2 Å². The van der Waals surface area contributed by atoms with Crippen molar-refractivity contribution in [3.05, 3.63) is 191 Å². The van der Waals surface area contributed by atoms with Gasteiger partial charge in [0.05, 0.1) is 0 Å². The van der Waals surface area contributed by atoms with Crippen molar-refractivity contribution in [2.24, 2.45) is 0 Å². The molecule has 0 fully saturated rings. The summed E-state index contributed by atoms with van der Waals surface area (Å²) in [5, 5.41) is 0. The van der Waals surface area contributed by atoms with Crippen LogP contribution in [0.3, 0.4) is 0 Å². The predicted molar refractivity (Wildman–Crippen MR) is 188 cm³/mol. The van der Waals surface area contributed by atoms with Gasteiger partial charge in [0.1, 0.15) is 0 Å². The smallest absolute Gasteiger partial charge is 0.109 e. The Bertz CT molecular complexity index is 1690. The van der Waals surface area contributed by atoms with Crippen LogP contribution in [-0.4, -0.2) is 3.81 Å². The third kappa shape index (κ3) is 9.22. The van der Waals surface area contributed by atoms with Crippen molar-refractivity contribution in [2.75, 3.05) is 0 Å². The van der Waals surface area contributed by atoms with Crippen LogP contribution < -0.4 is 24.8 Å². The van der Waals surface area contributed by atoms with Crippen LogP contribution in [0, 0.1) is 12.1 Å². The molecular weight excluding hydrogens is 647 g/mol. The summed E-state index contributed by atoms with van der Waals surface area (Å²) in [6.07, 6.45) is 11.0. The average Bonchev–Trinajstić information content (AvgIpc) is 3.78. The van der Waals surface area contributed by atoms with E-state index in [9.17, 15) is 0 Å². The van der Waals surface area contributed by atoms with E-state index in [4.69, 9.17) is 0 Å². The van der Waals surface area contributed by atoms with Crippen LogP contribution in [0.25, 0.3) is 11.1 Å². The van der Waals surface area contributed by atoms with Crippen molar-refractivity contribution in [1.82, 2.24) is 0 Å². The number of benzene rings is 5. The van der Waals surface area contributed by atoms with E-state index >= 15 is 0 Å². The molecular formula is C44H42Cl2Ti-2. The van der Waals surface area contributed by atoms with E-state index in [2.05, 4.69) is 188 Å². The molecule has 3 heteroatoms. The third-order valence-corrected chi connectivity index (χ3v) is 9.42. The molecule has 2 aliphatic rings. The van der Waals surface area contributed by atoms with Crippen molar-refractivity contribution in [1.29, 1.82) is 0 Å². The fraction of sp³-hybridized carbons (Fsp3) is 0.205. The number of fused-ring (bicyclic) bond motifs is 3. The van der Waals surface area contributed by atoms with Gasteiger partial charge in [-0.3, -0.25) is 6.08 Å². The summed E-state index contributed by atoms with van der Waals surface area (Å²) in [5.74, 6) is 0. The van der Waals surface area contributed by atoms with Crippen LogP contribution >= 0.6 is 0 Å². The van der Waals surface area contributed by atoms with Crippen LogP contribution in [0.4, 0.5) is 0 Å². The van der Waals surface area contributed by atoms with E-state index in [1.54, 1.807) is 0 Å². The molecule has 7 rings (SSSR count). The molecule has 2 aliphatic carbocycles. The maximum Gasteiger partial charge on any atom is -0.109 e. The zero-order valence-corrected chi connectivity index (χ0v) is 31.0. The number of hydrogen-bond acceptors (Lipinski definition) is 0. The quantitative estimate of drug-likeness (QED) is 0.181. The van der Waals surface area contributed by atoms with E-state index in [0.29, 0.717) is 0 Å². The van der Waals surface area contributed by atoms with Crippen molar-refractivity contribution in [3.8, 4) is 11.1 Å². The molecule has 238 valence electrons. The molecule has 0 heterocycles. The van der Waals surface area contributed by atoms with Gasteiger partial charge in [-0.2, -0.15) is 29.8 Å². The summed E-state index contributed by atoms with van der Waals surface area (Å²) < 4.78 is 1.37. The molecule has 5 aromatic carbocycles. The van der Waals surface area contributed by atoms with Gasteiger partial charge in [-0.1, -0.05) is 112 Å². The van der Waals surface area contributed by atoms with E-state index in [1.807, 2.05) is 18.2 Å². The molecule has 5 aromatic rings. The van der Waals surface area contributed by atoms with Gasteiger partial charge >= 0.3 is 66.6 Å². The van der Waals surface area contributed by atoms with Gasteiger partial charge < -0.3 is 24.8 Å². The predicted octanol–water partition coefficient (Wildman–Crippen LogP) is 4.80. The molecule has 0 bridgehead atoms. The first-order valence-electron chi connectivity index (χ1n) is 15.8. The first-order chi connectivity index (χ1) is 21.7. The first kappa shape index (κ1) is 38.2. The van der Waals surface area contributed by atoms with Gasteiger partial charge in [0.25, 0.3) is 0 Å². The minimum Gasteiger partial charge on any atom is -1.00 e. The van der Waals surface area contributed by atoms with Gasteiger partial charge in [-0.15, -0.1) is 17.5 Å². The molecule has 0 spiro atoms. The molecule has 0 aromatic heterocycles. The topological polar surface area (TPSA) is 0 Å². The maximum atomic E-state index is 3.80. The van der Waals surface area contributed by atoms with Crippen LogP contribution in [-0.2, 0) is 37.2 Å². The SMILES string of the molecule is CC(C)(c1[c-]c2c(cc1)-c1ccc(C(C)(C)c3ccccc3)cc1C2)c1ccccc1.C[C](=[Ti+2])c1ccccc1.[C-]1=CC=CC1.[Cl-].[Cl-]. The van der Waals surface area contributed by atoms with Crippen LogP contribution in [0.1, 0.15) is 80.0 Å². The van der Waals surface area contributed by atoms with Crippen LogP contribution in [0.2, 0.25) is 0 Å². The molecule has 0 N–H and O–H groups in total. The van der Waals surface area contributed by atoms with Crippen molar-refractivity contribution < 1.29 is 44.8 Å². The minimum atomic E-state index is -0.0640. The molecule has 0 atom stereocenters. The Hall–Kier alpha value is -3.26. The zero-order chi connectivity index (χ0) is 31.9. The zero-order valence-electron chi connectivity index (χ0n) is 27.9. The first-order valence-corrected chi connectivity index (χ1v) is 16.6. The van der Waals surface area contributed by atoms with Crippen molar-refractivity contribution in [2.45, 2.75) is 58.3 Å². The molecule has 0 saturated heterocycles. The van der Waals surface area contributed by atoms with E-state index in [1.165, 1.54) is 53.9 Å². The fourth-order valence-electron chi connectivity index (χ4n) is 5.94. The largest absolute Gasteiger partial charge is 1.00 e. The Morgan fingerprint density at radius 1 is 0.638 bits per heavy atom. The number of rotatable bonds is 5. The Balaban J connectivity index is 0.000000312. The molecule has 0 unspecified atom stereocenters. The van der Waals surface area contributed by atoms with Gasteiger partial charge in [-0.05, 0) is 34.1 Å². The second kappa shape index (κ2) is 17.2. The maximum absolute atomic E-state index is 3.80. The van der Waals surface area contributed by atoms with Gasteiger partial charge in [0.15, 0.2) is 0 Å². The molecule has 0 nitrogen and oxygen atoms in total. The summed E-state index contributed by atoms with van der Waals surface area (Å²) in [6.45, 7) is 11.3. The second-order valence-corrected chi connectivity index (χ2v) is 14.0. The summed E-state index contributed by atoms with van der Waals surface area (Å²) in [4.78, 5) is 0. The average molecular weight is 690 g/mol. The molecule has 0 amide bonds. The van der Waals surface area contributed by atoms with Crippen LogP contribution in [0.5, 0.6) is 0 Å². The number of hydrogen-bond donors (Lipinski definition) is 0. The van der Waals surface area contributed by atoms with Crippen molar-refractivity contribution >= 4 is 3.81 Å². The Morgan fingerprint density at radius 2 is 1.19 bits per heavy atom. The fourth-order valence-corrected chi connectivity index (χ4v) is 6.20. The Morgan fingerprint density at radius 3 is 1.68 bits per heavy atom. The van der Waals surface area contributed by atoms with Crippen molar-refractivity contribution in [3.63, 3.8) is 0 Å². The summed E-state index contributed by atoms with van der Waals surface area (Å²) in [5.41, 5.74) is 12.0. The summed E-state index contributed by atoms with van der Waals surface area (Å²) >= 11 is 2.12. The minimum absolute atomic E-state index is 0. The monoisotopic (exact) mass is 688 g/mol. The Kier molecular flexibility index (Phi) is 14.0. The third-order valence-electron chi connectivity index (χ3n) is 8.97.